The van der Waals surface area contributed by atoms with Gasteiger partial charge in [-0.3, -0.25) is 0 Å². The number of hydrogen-bond donors (Lipinski definition) is 0. The fourth-order valence-corrected chi connectivity index (χ4v) is 2.56. The van der Waals surface area contributed by atoms with Crippen molar-refractivity contribution >= 4 is 11.8 Å². The van der Waals surface area contributed by atoms with Crippen molar-refractivity contribution in [3.63, 3.8) is 0 Å². The van der Waals surface area contributed by atoms with Gasteiger partial charge in [-0.15, -0.1) is 5.10 Å². The third kappa shape index (κ3) is 3.70. The first-order valence-electron chi connectivity index (χ1n) is 6.80. The third-order valence-electron chi connectivity index (χ3n) is 3.06. The second kappa shape index (κ2) is 6.56. The molecular weight excluding hydrogens is 341 g/mol. The third-order valence-corrected chi connectivity index (χ3v) is 3.93. The van der Waals surface area contributed by atoms with E-state index in [1.165, 1.54) is 28.6 Å². The van der Waals surface area contributed by atoms with Gasteiger partial charge in [0.2, 0.25) is 0 Å². The van der Waals surface area contributed by atoms with Crippen LogP contribution < -0.4 is 0 Å². The van der Waals surface area contributed by atoms with Gasteiger partial charge in [0.15, 0.2) is 11.0 Å². The molecule has 0 radical (unpaired) electrons. The summed E-state index contributed by atoms with van der Waals surface area (Å²) in [4.78, 5) is 8.34. The number of aryl methyl sites for hydroxylation is 1. The topological polar surface area (TPSA) is 69.4 Å². The lowest BCUT2D eigenvalue weighted by atomic mass is 10.2. The van der Waals surface area contributed by atoms with Gasteiger partial charge in [-0.05, 0) is 47.2 Å². The largest absolute Gasteiger partial charge is 0.416 e. The Labute approximate surface area is 139 Å². The van der Waals surface area contributed by atoms with E-state index < -0.39 is 11.7 Å². The van der Waals surface area contributed by atoms with Gasteiger partial charge in [0.1, 0.15) is 0 Å². The minimum Gasteiger partial charge on any atom is -0.231 e. The van der Waals surface area contributed by atoms with E-state index in [1.54, 1.807) is 12.4 Å². The van der Waals surface area contributed by atoms with Crippen LogP contribution in [0.2, 0.25) is 0 Å². The van der Waals surface area contributed by atoms with Gasteiger partial charge < -0.3 is 0 Å². The Bertz CT molecular complexity index is 814. The number of benzene rings is 1. The van der Waals surface area contributed by atoms with Gasteiger partial charge in [-0.2, -0.15) is 17.9 Å². The van der Waals surface area contributed by atoms with Gasteiger partial charge >= 0.3 is 6.18 Å². The summed E-state index contributed by atoms with van der Waals surface area (Å²) in [6, 6.07) is 4.65. The fourth-order valence-electron chi connectivity index (χ4n) is 1.87. The molecule has 1 aromatic carbocycles. The van der Waals surface area contributed by atoms with Crippen LogP contribution in [-0.2, 0) is 11.9 Å². The maximum absolute atomic E-state index is 12.6. The second-order valence-electron chi connectivity index (χ2n) is 4.88. The summed E-state index contributed by atoms with van der Waals surface area (Å²) in [6.45, 7) is 1.89. The van der Waals surface area contributed by atoms with E-state index in [2.05, 4.69) is 25.5 Å². The predicted molar refractivity (Wildman–Crippen MR) is 80.5 cm³/mol. The number of alkyl halides is 3. The molecule has 0 aliphatic rings. The molecule has 0 atom stereocenters. The van der Waals surface area contributed by atoms with Crippen molar-refractivity contribution < 1.29 is 13.2 Å². The number of rotatable bonds is 4. The van der Waals surface area contributed by atoms with Crippen LogP contribution in [0.5, 0.6) is 0 Å². The molecule has 0 N–H and O–H groups in total. The van der Waals surface area contributed by atoms with Crippen LogP contribution in [0, 0.1) is 6.92 Å². The van der Waals surface area contributed by atoms with Crippen molar-refractivity contribution in [2.75, 3.05) is 0 Å². The monoisotopic (exact) mass is 352 g/mol. The van der Waals surface area contributed by atoms with Crippen LogP contribution in [-0.4, -0.2) is 30.2 Å². The molecule has 0 aliphatic carbocycles. The van der Waals surface area contributed by atoms with Crippen LogP contribution in [0.3, 0.4) is 0 Å². The fraction of sp³-hybridized carbons (Fsp3) is 0.214. The molecule has 3 aromatic rings. The lowest BCUT2D eigenvalue weighted by molar-refractivity contribution is -0.137. The molecule has 0 fully saturated rings. The SMILES string of the molecule is Cc1cnc(SCc2nnnn2-c2ccc(C(F)(F)F)cc2)nc1. The Balaban J connectivity index is 1.76. The highest BCUT2D eigenvalue weighted by atomic mass is 32.2. The van der Waals surface area contributed by atoms with Crippen LogP contribution in [0.15, 0.2) is 41.8 Å². The Morgan fingerprint density at radius 3 is 2.38 bits per heavy atom. The minimum absolute atomic E-state index is 0.386. The summed E-state index contributed by atoms with van der Waals surface area (Å²) < 4.78 is 39.2. The average Bonchev–Trinajstić information content (AvgIpc) is 3.02. The number of thioether (sulfide) groups is 1. The van der Waals surface area contributed by atoms with E-state index >= 15 is 0 Å². The number of tetrazole rings is 1. The highest BCUT2D eigenvalue weighted by Crippen LogP contribution is 2.29. The molecule has 6 nitrogen and oxygen atoms in total. The van der Waals surface area contributed by atoms with Crippen LogP contribution in [0.25, 0.3) is 5.69 Å². The van der Waals surface area contributed by atoms with E-state index in [9.17, 15) is 13.2 Å². The normalized spacial score (nSPS) is 11.7. The molecule has 2 aromatic heterocycles. The summed E-state index contributed by atoms with van der Waals surface area (Å²) in [5.74, 6) is 0.876. The Kier molecular flexibility index (Phi) is 4.47. The van der Waals surface area contributed by atoms with Crippen molar-refractivity contribution in [3.05, 3.63) is 53.6 Å². The first-order valence-corrected chi connectivity index (χ1v) is 7.78. The van der Waals surface area contributed by atoms with Gasteiger partial charge in [0.05, 0.1) is 17.0 Å². The van der Waals surface area contributed by atoms with Gasteiger partial charge in [0.25, 0.3) is 0 Å². The van der Waals surface area contributed by atoms with Crippen LogP contribution >= 0.6 is 11.8 Å². The molecule has 3 rings (SSSR count). The zero-order valence-electron chi connectivity index (χ0n) is 12.4. The number of nitrogens with zero attached hydrogens (tertiary/aromatic N) is 6. The first-order chi connectivity index (χ1) is 11.4. The molecule has 24 heavy (non-hydrogen) atoms. The molecule has 0 amide bonds. The molecule has 0 unspecified atom stereocenters. The maximum atomic E-state index is 12.6. The van der Waals surface area contributed by atoms with Gasteiger partial charge in [-0.1, -0.05) is 11.8 Å². The standard InChI is InChI=1S/C14H11F3N6S/c1-9-6-18-13(19-7-9)24-8-12-20-21-22-23(12)11-4-2-10(3-5-11)14(15,16)17/h2-7H,8H2,1H3. The maximum Gasteiger partial charge on any atom is 0.416 e. The Morgan fingerprint density at radius 2 is 1.75 bits per heavy atom. The van der Waals surface area contributed by atoms with E-state index in [0.717, 1.165) is 17.7 Å². The highest BCUT2D eigenvalue weighted by molar-refractivity contribution is 7.98. The summed E-state index contributed by atoms with van der Waals surface area (Å²) >= 11 is 1.34. The number of hydrogen-bond acceptors (Lipinski definition) is 6. The second-order valence-corrected chi connectivity index (χ2v) is 5.83. The van der Waals surface area contributed by atoms with E-state index in [-0.39, 0.29) is 0 Å². The zero-order valence-corrected chi connectivity index (χ0v) is 13.2. The number of halogens is 3. The summed E-state index contributed by atoms with van der Waals surface area (Å²) in [5, 5.41) is 11.9. The van der Waals surface area contributed by atoms with E-state index in [4.69, 9.17) is 0 Å². The predicted octanol–water partition coefficient (Wildman–Crippen LogP) is 3.07. The summed E-state index contributed by atoms with van der Waals surface area (Å²) in [5.41, 5.74) is 0.686. The lowest BCUT2D eigenvalue weighted by Crippen LogP contribution is -2.06. The summed E-state index contributed by atoms with van der Waals surface area (Å²) in [7, 11) is 0. The van der Waals surface area contributed by atoms with E-state index in [0.29, 0.717) is 22.4 Å². The quantitative estimate of drug-likeness (QED) is 0.531. The molecule has 0 bridgehead atoms. The smallest absolute Gasteiger partial charge is 0.231 e. The number of aromatic nitrogens is 6. The zero-order chi connectivity index (χ0) is 17.2. The van der Waals surface area contributed by atoms with Crippen LogP contribution in [0.1, 0.15) is 17.0 Å². The van der Waals surface area contributed by atoms with Crippen molar-refractivity contribution in [3.8, 4) is 5.69 Å². The van der Waals surface area contributed by atoms with E-state index in [1.807, 2.05) is 6.92 Å². The molecule has 2 heterocycles. The minimum atomic E-state index is -4.37. The molecule has 0 aliphatic heterocycles. The van der Waals surface area contributed by atoms with Crippen molar-refractivity contribution in [1.29, 1.82) is 0 Å². The van der Waals surface area contributed by atoms with Crippen molar-refractivity contribution in [1.82, 2.24) is 30.2 Å². The molecule has 0 spiro atoms. The first kappa shape index (κ1) is 16.4. The molecule has 0 saturated heterocycles. The average molecular weight is 352 g/mol. The summed E-state index contributed by atoms with van der Waals surface area (Å²) in [6.07, 6.45) is -0.969. The highest BCUT2D eigenvalue weighted by Gasteiger charge is 2.30. The molecule has 0 saturated carbocycles. The molecule has 10 heteroatoms. The van der Waals surface area contributed by atoms with Gasteiger partial charge in [0, 0.05) is 12.4 Å². The van der Waals surface area contributed by atoms with Crippen molar-refractivity contribution in [2.24, 2.45) is 0 Å². The van der Waals surface area contributed by atoms with Gasteiger partial charge in [-0.25, -0.2) is 9.97 Å². The van der Waals surface area contributed by atoms with Crippen molar-refractivity contribution in [2.45, 2.75) is 24.0 Å². The molecular formula is C14H11F3N6S. The lowest BCUT2D eigenvalue weighted by Gasteiger charge is -2.08. The molecule has 124 valence electrons. The Morgan fingerprint density at radius 1 is 1.08 bits per heavy atom. The van der Waals surface area contributed by atoms with Crippen LogP contribution in [0.4, 0.5) is 13.2 Å². The Hall–Kier alpha value is -2.49.